The molecule has 0 saturated carbocycles. The number of hydrogen-bond donors (Lipinski definition) is 1. The molecule has 15 heavy (non-hydrogen) atoms. The molecule has 90 valence electrons. The molecule has 0 spiro atoms. The molecule has 5 heteroatoms. The molecule has 2 atom stereocenters. The fourth-order valence-electron chi connectivity index (χ4n) is 1.63. The van der Waals surface area contributed by atoms with Crippen LogP contribution in [0.3, 0.4) is 0 Å². The Kier molecular flexibility index (Phi) is 6.89. The van der Waals surface area contributed by atoms with E-state index in [1.807, 2.05) is 18.7 Å². The highest BCUT2D eigenvalue weighted by Crippen LogP contribution is 2.07. The fourth-order valence-corrected chi connectivity index (χ4v) is 1.63. The average molecular weight is 237 g/mol. The number of ether oxygens (including phenoxy) is 1. The third-order valence-electron chi connectivity index (χ3n) is 2.30. The van der Waals surface area contributed by atoms with Crippen molar-refractivity contribution in [1.82, 2.24) is 4.90 Å². The van der Waals surface area contributed by atoms with Crippen molar-refractivity contribution in [1.29, 1.82) is 0 Å². The molecule has 1 aliphatic rings. The number of nitrogens with zero attached hydrogens (tertiary/aromatic N) is 1. The lowest BCUT2D eigenvalue weighted by Gasteiger charge is -2.22. The van der Waals surface area contributed by atoms with Gasteiger partial charge in [0.25, 0.3) is 0 Å². The van der Waals surface area contributed by atoms with Gasteiger partial charge in [-0.3, -0.25) is 4.79 Å². The number of halogens is 1. The summed E-state index contributed by atoms with van der Waals surface area (Å²) < 4.78 is 5.46. The summed E-state index contributed by atoms with van der Waals surface area (Å²) in [6.07, 6.45) is 1.51. The smallest absolute Gasteiger partial charge is 0.224 e. The molecular formula is C10H21ClN2O2. The lowest BCUT2D eigenvalue weighted by atomic mass is 10.2. The number of rotatable bonds is 2. The summed E-state index contributed by atoms with van der Waals surface area (Å²) in [5, 5.41) is 0. The topological polar surface area (TPSA) is 55.6 Å². The third kappa shape index (κ3) is 5.35. The van der Waals surface area contributed by atoms with Gasteiger partial charge in [-0.25, -0.2) is 0 Å². The Morgan fingerprint density at radius 3 is 2.93 bits per heavy atom. The third-order valence-corrected chi connectivity index (χ3v) is 2.30. The molecule has 0 aliphatic carbocycles. The molecule has 1 saturated heterocycles. The summed E-state index contributed by atoms with van der Waals surface area (Å²) in [6, 6.07) is -0.0537. The van der Waals surface area contributed by atoms with Gasteiger partial charge in [0.1, 0.15) is 0 Å². The van der Waals surface area contributed by atoms with E-state index in [0.29, 0.717) is 13.0 Å². The van der Waals surface area contributed by atoms with Gasteiger partial charge in [-0.2, -0.15) is 0 Å². The van der Waals surface area contributed by atoms with Gasteiger partial charge in [0.05, 0.1) is 6.10 Å². The van der Waals surface area contributed by atoms with Gasteiger partial charge in [-0.1, -0.05) is 0 Å². The van der Waals surface area contributed by atoms with Crippen LogP contribution in [-0.2, 0) is 9.53 Å². The van der Waals surface area contributed by atoms with Crippen LogP contribution in [0.2, 0.25) is 0 Å². The van der Waals surface area contributed by atoms with Crippen molar-refractivity contribution < 1.29 is 9.53 Å². The van der Waals surface area contributed by atoms with Crippen LogP contribution in [0.25, 0.3) is 0 Å². The van der Waals surface area contributed by atoms with Gasteiger partial charge in [0.2, 0.25) is 5.91 Å². The van der Waals surface area contributed by atoms with Crippen LogP contribution in [0.1, 0.15) is 26.7 Å². The largest absolute Gasteiger partial charge is 0.377 e. The van der Waals surface area contributed by atoms with E-state index in [0.717, 1.165) is 19.6 Å². The van der Waals surface area contributed by atoms with Crippen LogP contribution in [0.15, 0.2) is 0 Å². The number of carbonyl (C=O) groups excluding carboxylic acids is 1. The van der Waals surface area contributed by atoms with E-state index in [1.54, 1.807) is 0 Å². The minimum absolute atomic E-state index is 0. The minimum Gasteiger partial charge on any atom is -0.377 e. The SMILES string of the molecule is CC(N)CC(=O)N1CCCOC(C)C1.Cl. The molecule has 1 rings (SSSR count). The van der Waals surface area contributed by atoms with Gasteiger partial charge >= 0.3 is 0 Å². The Morgan fingerprint density at radius 2 is 2.33 bits per heavy atom. The van der Waals surface area contributed by atoms with E-state index in [9.17, 15) is 4.79 Å². The lowest BCUT2D eigenvalue weighted by molar-refractivity contribution is -0.132. The minimum atomic E-state index is -0.0537. The Labute approximate surface area is 97.5 Å². The van der Waals surface area contributed by atoms with E-state index in [4.69, 9.17) is 10.5 Å². The summed E-state index contributed by atoms with van der Waals surface area (Å²) >= 11 is 0. The normalized spacial score (nSPS) is 23.9. The van der Waals surface area contributed by atoms with Crippen molar-refractivity contribution in [3.8, 4) is 0 Å². The first kappa shape index (κ1) is 14.7. The summed E-state index contributed by atoms with van der Waals surface area (Å²) in [5.74, 6) is 0.150. The van der Waals surface area contributed by atoms with Gasteiger partial charge < -0.3 is 15.4 Å². The first-order valence-electron chi connectivity index (χ1n) is 5.24. The zero-order valence-corrected chi connectivity index (χ0v) is 10.3. The standard InChI is InChI=1S/C10H20N2O2.ClH/c1-8(11)6-10(13)12-4-3-5-14-9(2)7-12;/h8-9H,3-7,11H2,1-2H3;1H. The van der Waals surface area contributed by atoms with Crippen LogP contribution in [0.5, 0.6) is 0 Å². The summed E-state index contributed by atoms with van der Waals surface area (Å²) in [7, 11) is 0. The molecule has 1 fully saturated rings. The first-order chi connectivity index (χ1) is 6.59. The van der Waals surface area contributed by atoms with Crippen molar-refractivity contribution >= 4 is 18.3 Å². The highest BCUT2D eigenvalue weighted by Gasteiger charge is 2.20. The Hall–Kier alpha value is -0.320. The Balaban J connectivity index is 0.00000196. The quantitative estimate of drug-likeness (QED) is 0.771. The molecule has 1 amide bonds. The van der Waals surface area contributed by atoms with E-state index >= 15 is 0 Å². The highest BCUT2D eigenvalue weighted by molar-refractivity contribution is 5.85. The fraction of sp³-hybridized carbons (Fsp3) is 0.900. The molecule has 0 aromatic carbocycles. The molecule has 4 nitrogen and oxygen atoms in total. The molecular weight excluding hydrogens is 216 g/mol. The molecule has 1 heterocycles. The summed E-state index contributed by atoms with van der Waals surface area (Å²) in [5.41, 5.74) is 5.59. The number of carbonyl (C=O) groups is 1. The van der Waals surface area contributed by atoms with Crippen molar-refractivity contribution in [3.63, 3.8) is 0 Å². The van der Waals surface area contributed by atoms with Crippen LogP contribution < -0.4 is 5.73 Å². The molecule has 0 radical (unpaired) electrons. The monoisotopic (exact) mass is 236 g/mol. The Bertz CT molecular complexity index is 200. The van der Waals surface area contributed by atoms with Crippen LogP contribution in [0, 0.1) is 0 Å². The summed E-state index contributed by atoms with van der Waals surface area (Å²) in [4.78, 5) is 13.6. The van der Waals surface area contributed by atoms with Crippen molar-refractivity contribution in [3.05, 3.63) is 0 Å². The second kappa shape index (κ2) is 7.04. The van der Waals surface area contributed by atoms with Crippen molar-refractivity contribution in [2.75, 3.05) is 19.7 Å². The van der Waals surface area contributed by atoms with Gasteiger partial charge in [-0.05, 0) is 20.3 Å². The maximum absolute atomic E-state index is 11.7. The molecule has 0 aromatic rings. The second-order valence-electron chi connectivity index (χ2n) is 4.06. The van der Waals surface area contributed by atoms with E-state index in [1.165, 1.54) is 0 Å². The number of amides is 1. The first-order valence-corrected chi connectivity index (χ1v) is 5.24. The van der Waals surface area contributed by atoms with Crippen LogP contribution in [-0.4, -0.2) is 42.6 Å². The van der Waals surface area contributed by atoms with Crippen molar-refractivity contribution in [2.45, 2.75) is 38.8 Å². The van der Waals surface area contributed by atoms with Gasteiger partial charge in [0.15, 0.2) is 0 Å². The van der Waals surface area contributed by atoms with Crippen LogP contribution >= 0.6 is 12.4 Å². The molecule has 2 unspecified atom stereocenters. The molecule has 0 bridgehead atoms. The van der Waals surface area contributed by atoms with Crippen LogP contribution in [0.4, 0.5) is 0 Å². The second-order valence-corrected chi connectivity index (χ2v) is 4.06. The van der Waals surface area contributed by atoms with E-state index in [-0.39, 0.29) is 30.5 Å². The predicted octanol–water partition coefficient (Wildman–Crippen LogP) is 0.783. The maximum atomic E-state index is 11.7. The zero-order chi connectivity index (χ0) is 10.6. The molecule has 0 aromatic heterocycles. The lowest BCUT2D eigenvalue weighted by Crippen LogP contribution is -2.38. The maximum Gasteiger partial charge on any atom is 0.224 e. The average Bonchev–Trinajstić information content (AvgIpc) is 2.28. The molecule has 2 N–H and O–H groups in total. The predicted molar refractivity (Wildman–Crippen MR) is 62.1 cm³/mol. The van der Waals surface area contributed by atoms with E-state index < -0.39 is 0 Å². The van der Waals surface area contributed by atoms with E-state index in [2.05, 4.69) is 0 Å². The van der Waals surface area contributed by atoms with Crippen molar-refractivity contribution in [2.24, 2.45) is 5.73 Å². The highest BCUT2D eigenvalue weighted by atomic mass is 35.5. The van der Waals surface area contributed by atoms with Gasteiger partial charge in [0, 0.05) is 32.2 Å². The summed E-state index contributed by atoms with van der Waals surface area (Å²) in [6.45, 7) is 6.11. The number of hydrogen-bond acceptors (Lipinski definition) is 3. The van der Waals surface area contributed by atoms with Gasteiger partial charge in [-0.15, -0.1) is 12.4 Å². The zero-order valence-electron chi connectivity index (χ0n) is 9.44. The molecule has 1 aliphatic heterocycles. The number of nitrogens with two attached hydrogens (primary N) is 1. The Morgan fingerprint density at radius 1 is 1.67 bits per heavy atom.